The van der Waals surface area contributed by atoms with Crippen LogP contribution in [0.2, 0.25) is 0 Å². The van der Waals surface area contributed by atoms with Crippen LogP contribution in [0.25, 0.3) is 0 Å². The van der Waals surface area contributed by atoms with E-state index in [1.165, 1.54) is 10.6 Å². The lowest BCUT2D eigenvalue weighted by molar-refractivity contribution is -0.155. The topological polar surface area (TPSA) is 96.5 Å². The van der Waals surface area contributed by atoms with Crippen LogP contribution in [-0.4, -0.2) is 115 Å². The van der Waals surface area contributed by atoms with Gasteiger partial charge in [-0.15, -0.1) is 0 Å². The molecule has 0 aliphatic carbocycles. The number of amides is 4. The molecule has 0 radical (unpaired) electrons. The molecular weight excluding hydrogens is 412 g/mol. The smallest absolute Gasteiger partial charge is 0.244 e. The zero-order chi connectivity index (χ0) is 22.7. The largest absolute Gasteiger partial charge is 0.369 e. The molecule has 0 spiro atoms. The molecule has 10 heteroatoms. The minimum atomic E-state index is -0.322. The fraction of sp³-hybridized carbons (Fsp3) is 0.545. The lowest BCUT2D eigenvalue weighted by Gasteiger charge is -2.41. The predicted octanol–water partition coefficient (Wildman–Crippen LogP) is -1.22. The Bertz CT molecular complexity index is 836. The fourth-order valence-corrected chi connectivity index (χ4v) is 4.48. The van der Waals surface area contributed by atoms with Gasteiger partial charge in [0.15, 0.2) is 0 Å². The molecule has 1 atom stereocenters. The summed E-state index contributed by atoms with van der Waals surface area (Å²) in [4.78, 5) is 58.1. The summed E-state index contributed by atoms with van der Waals surface area (Å²) >= 11 is 0. The molecular formula is C22H30N6O4. The standard InChI is InChI=1S/C22H30N6O4/c1-17(27-12-19(29)23-20(30)13-27)11-25-14-21(31)28(22(32)15-25)16-24-7-9-26(10-8-24)18-5-3-2-4-6-18/h2-6,17H,7-16H2,1H3,(H,23,29,30). The number of nitrogens with zero attached hydrogens (tertiary/aromatic N) is 5. The fourth-order valence-electron chi connectivity index (χ4n) is 4.48. The summed E-state index contributed by atoms with van der Waals surface area (Å²) in [5.41, 5.74) is 1.19. The highest BCUT2D eigenvalue weighted by molar-refractivity contribution is 6.00. The number of carbonyl (C=O) groups is 4. The van der Waals surface area contributed by atoms with Crippen molar-refractivity contribution in [2.75, 3.05) is 70.5 Å². The zero-order valence-corrected chi connectivity index (χ0v) is 18.4. The van der Waals surface area contributed by atoms with Crippen LogP contribution in [0.1, 0.15) is 6.92 Å². The van der Waals surface area contributed by atoms with Gasteiger partial charge in [0, 0.05) is 44.5 Å². The molecule has 0 bridgehead atoms. The Labute approximate surface area is 187 Å². The molecule has 3 fully saturated rings. The van der Waals surface area contributed by atoms with Gasteiger partial charge >= 0.3 is 0 Å². The van der Waals surface area contributed by atoms with Crippen molar-refractivity contribution in [1.29, 1.82) is 0 Å². The van der Waals surface area contributed by atoms with Crippen LogP contribution in [0, 0.1) is 0 Å². The number of piperazine rings is 3. The van der Waals surface area contributed by atoms with Gasteiger partial charge in [-0.2, -0.15) is 0 Å². The maximum absolute atomic E-state index is 12.7. The quantitative estimate of drug-likeness (QED) is 0.548. The molecule has 32 heavy (non-hydrogen) atoms. The molecule has 0 saturated carbocycles. The van der Waals surface area contributed by atoms with E-state index in [0.717, 1.165) is 26.2 Å². The van der Waals surface area contributed by atoms with Gasteiger partial charge in [-0.25, -0.2) is 0 Å². The van der Waals surface area contributed by atoms with E-state index >= 15 is 0 Å². The number of hydrogen-bond donors (Lipinski definition) is 1. The second-order valence-electron chi connectivity index (χ2n) is 8.69. The van der Waals surface area contributed by atoms with Gasteiger partial charge in [0.05, 0.1) is 32.8 Å². The number of anilines is 1. The Hall–Kier alpha value is -2.82. The third kappa shape index (κ3) is 5.32. The highest BCUT2D eigenvalue weighted by Gasteiger charge is 2.35. The molecule has 3 saturated heterocycles. The second-order valence-corrected chi connectivity index (χ2v) is 8.69. The van der Waals surface area contributed by atoms with Crippen molar-refractivity contribution in [2.24, 2.45) is 0 Å². The van der Waals surface area contributed by atoms with Gasteiger partial charge in [-0.05, 0) is 19.1 Å². The Morgan fingerprint density at radius 1 is 0.812 bits per heavy atom. The molecule has 3 heterocycles. The van der Waals surface area contributed by atoms with Crippen molar-refractivity contribution in [3.63, 3.8) is 0 Å². The lowest BCUT2D eigenvalue weighted by atomic mass is 10.2. The average molecular weight is 443 g/mol. The van der Waals surface area contributed by atoms with E-state index in [0.29, 0.717) is 13.2 Å². The summed E-state index contributed by atoms with van der Waals surface area (Å²) in [6, 6.07) is 10.1. The molecule has 4 rings (SSSR count). The molecule has 4 amide bonds. The lowest BCUT2D eigenvalue weighted by Crippen LogP contribution is -2.61. The van der Waals surface area contributed by atoms with Gasteiger partial charge in [-0.1, -0.05) is 18.2 Å². The summed E-state index contributed by atoms with van der Waals surface area (Å²) in [5.74, 6) is -1.05. The van der Waals surface area contributed by atoms with Gasteiger partial charge in [-0.3, -0.25) is 44.1 Å². The maximum Gasteiger partial charge on any atom is 0.244 e. The van der Waals surface area contributed by atoms with E-state index in [-0.39, 0.29) is 55.8 Å². The number of benzene rings is 1. The molecule has 3 aliphatic heterocycles. The number of rotatable bonds is 6. The zero-order valence-electron chi connectivity index (χ0n) is 18.4. The number of nitrogens with one attached hydrogen (secondary N) is 1. The van der Waals surface area contributed by atoms with E-state index in [1.54, 1.807) is 9.80 Å². The first-order valence-electron chi connectivity index (χ1n) is 11.0. The Morgan fingerprint density at radius 3 is 2.00 bits per heavy atom. The first kappa shape index (κ1) is 22.4. The van der Waals surface area contributed by atoms with Crippen LogP contribution >= 0.6 is 0 Å². The predicted molar refractivity (Wildman–Crippen MR) is 118 cm³/mol. The second kappa shape index (κ2) is 9.76. The van der Waals surface area contributed by atoms with E-state index in [2.05, 4.69) is 27.2 Å². The highest BCUT2D eigenvalue weighted by atomic mass is 16.2. The van der Waals surface area contributed by atoms with Gasteiger partial charge in [0.2, 0.25) is 23.6 Å². The summed E-state index contributed by atoms with van der Waals surface area (Å²) in [6.45, 7) is 6.56. The molecule has 10 nitrogen and oxygen atoms in total. The highest BCUT2D eigenvalue weighted by Crippen LogP contribution is 2.16. The van der Waals surface area contributed by atoms with E-state index in [1.807, 2.05) is 25.1 Å². The van der Waals surface area contributed by atoms with Gasteiger partial charge < -0.3 is 4.90 Å². The van der Waals surface area contributed by atoms with Gasteiger partial charge in [0.1, 0.15) is 0 Å². The first-order chi connectivity index (χ1) is 15.4. The van der Waals surface area contributed by atoms with Crippen LogP contribution < -0.4 is 10.2 Å². The van der Waals surface area contributed by atoms with Crippen LogP contribution in [0.5, 0.6) is 0 Å². The van der Waals surface area contributed by atoms with Crippen molar-refractivity contribution in [3.05, 3.63) is 30.3 Å². The Kier molecular flexibility index (Phi) is 6.83. The summed E-state index contributed by atoms with van der Waals surface area (Å²) in [7, 11) is 0. The van der Waals surface area contributed by atoms with Crippen molar-refractivity contribution in [1.82, 2.24) is 24.9 Å². The summed E-state index contributed by atoms with van der Waals surface area (Å²) in [6.07, 6.45) is 0. The van der Waals surface area contributed by atoms with Crippen LogP contribution in [0.15, 0.2) is 30.3 Å². The monoisotopic (exact) mass is 442 g/mol. The van der Waals surface area contributed by atoms with Crippen LogP contribution in [0.3, 0.4) is 0 Å². The number of imide groups is 2. The van der Waals surface area contributed by atoms with Crippen molar-refractivity contribution < 1.29 is 19.2 Å². The number of hydrogen-bond acceptors (Lipinski definition) is 8. The molecule has 0 aromatic heterocycles. The van der Waals surface area contributed by atoms with Crippen LogP contribution in [-0.2, 0) is 19.2 Å². The first-order valence-corrected chi connectivity index (χ1v) is 11.0. The normalized spacial score (nSPS) is 22.9. The van der Waals surface area contributed by atoms with Crippen LogP contribution in [0.4, 0.5) is 5.69 Å². The molecule has 1 aromatic carbocycles. The summed E-state index contributed by atoms with van der Waals surface area (Å²) in [5, 5.41) is 2.28. The summed E-state index contributed by atoms with van der Waals surface area (Å²) < 4.78 is 0. The maximum atomic E-state index is 12.7. The van der Waals surface area contributed by atoms with E-state index in [4.69, 9.17) is 0 Å². The van der Waals surface area contributed by atoms with Gasteiger partial charge in [0.25, 0.3) is 0 Å². The molecule has 172 valence electrons. The molecule has 1 aromatic rings. The van der Waals surface area contributed by atoms with Crippen molar-refractivity contribution in [2.45, 2.75) is 13.0 Å². The Balaban J connectivity index is 1.25. The molecule has 1 N–H and O–H groups in total. The van der Waals surface area contributed by atoms with Crippen molar-refractivity contribution >= 4 is 29.3 Å². The molecule has 1 unspecified atom stereocenters. The SMILES string of the molecule is CC(CN1CC(=O)N(CN2CCN(c3ccccc3)CC2)C(=O)C1)N1CC(=O)NC(=O)C1. The van der Waals surface area contributed by atoms with Crippen molar-refractivity contribution in [3.8, 4) is 0 Å². The third-order valence-electron chi connectivity index (χ3n) is 6.27. The average Bonchev–Trinajstić information content (AvgIpc) is 2.77. The number of carbonyl (C=O) groups excluding carboxylic acids is 4. The minimum Gasteiger partial charge on any atom is -0.369 e. The number of para-hydroxylation sites is 1. The van der Waals surface area contributed by atoms with E-state index in [9.17, 15) is 19.2 Å². The Morgan fingerprint density at radius 2 is 1.41 bits per heavy atom. The van der Waals surface area contributed by atoms with E-state index < -0.39 is 0 Å². The third-order valence-corrected chi connectivity index (χ3v) is 6.27. The minimum absolute atomic E-state index is 0.122. The molecule has 3 aliphatic rings.